The summed E-state index contributed by atoms with van der Waals surface area (Å²) in [6.45, 7) is 20.5. The van der Waals surface area contributed by atoms with E-state index in [1.807, 2.05) is 0 Å². The van der Waals surface area contributed by atoms with Gasteiger partial charge in [-0.1, -0.05) is 71.9 Å². The minimum absolute atomic E-state index is 0.107. The van der Waals surface area contributed by atoms with Gasteiger partial charge in [-0.15, -0.1) is 11.1 Å². The van der Waals surface area contributed by atoms with Crippen molar-refractivity contribution in [2.75, 3.05) is 0 Å². The number of hydrogen-bond donors (Lipinski definition) is 0. The Morgan fingerprint density at radius 1 is 0.783 bits per heavy atom. The molecule has 0 bridgehead atoms. The first-order valence-electron chi connectivity index (χ1n) is 8.09. The van der Waals surface area contributed by atoms with Gasteiger partial charge in [-0.3, -0.25) is 0 Å². The monoisotopic (exact) mass is 452 g/mol. The van der Waals surface area contributed by atoms with Crippen molar-refractivity contribution in [3.05, 3.63) is 32.4 Å². The lowest BCUT2D eigenvalue weighted by Gasteiger charge is -2.20. The molecule has 3 heteroatoms. The Bertz CT molecular complexity index is 650. The normalized spacial score (nSPS) is 12.1. The number of halogens is 1. The third kappa shape index (κ3) is 7.29. The Labute approximate surface area is 159 Å². The first-order chi connectivity index (χ1) is 10.2. The van der Waals surface area contributed by atoms with E-state index in [2.05, 4.69) is 118 Å². The number of benzene rings is 1. The van der Waals surface area contributed by atoms with Crippen LogP contribution < -0.4 is 0 Å². The zero-order chi connectivity index (χ0) is 18.1. The Hall–Kier alpha value is -0.496. The lowest BCUT2D eigenvalue weighted by Crippen LogP contribution is -2.17. The lowest BCUT2D eigenvalue weighted by molar-refractivity contribution is 0.589. The van der Waals surface area contributed by atoms with Crippen LogP contribution >= 0.6 is 22.6 Å². The minimum atomic E-state index is -1.39. The predicted molar refractivity (Wildman–Crippen MR) is 118 cm³/mol. The van der Waals surface area contributed by atoms with Crippen LogP contribution in [0.1, 0.15) is 37.5 Å². The van der Waals surface area contributed by atoms with Crippen LogP contribution in [0, 0.1) is 26.5 Å². The lowest BCUT2D eigenvalue weighted by atomic mass is 9.85. The van der Waals surface area contributed by atoms with Crippen molar-refractivity contribution >= 4 is 38.7 Å². The van der Waals surface area contributed by atoms with Crippen LogP contribution in [-0.2, 0) is 5.41 Å². The van der Waals surface area contributed by atoms with Crippen LogP contribution in [0.15, 0.2) is 12.1 Å². The summed E-state index contributed by atoms with van der Waals surface area (Å²) in [5.74, 6) is 6.90. The fraction of sp³-hybridized carbons (Fsp3) is 0.500. The Kier molecular flexibility index (Phi) is 6.41. The average molecular weight is 453 g/mol. The van der Waals surface area contributed by atoms with Gasteiger partial charge in [0.1, 0.15) is 16.1 Å². The maximum absolute atomic E-state index is 3.50. The minimum Gasteiger partial charge on any atom is -0.127 e. The van der Waals surface area contributed by atoms with E-state index in [9.17, 15) is 0 Å². The molecule has 0 aliphatic carbocycles. The molecule has 0 unspecified atom stereocenters. The second-order valence-electron chi connectivity index (χ2n) is 9.14. The molecule has 0 saturated heterocycles. The second kappa shape index (κ2) is 7.17. The van der Waals surface area contributed by atoms with Crippen molar-refractivity contribution in [3.8, 4) is 22.9 Å². The standard InChI is InChI=1S/C20H29ISi2/c1-20(2,3)18-14-16(10-12-22(4,5)6)19(21)17(15-18)11-13-23(7,8)9/h14-15H,1-9H3. The molecular weight excluding hydrogens is 423 g/mol. The SMILES string of the molecule is CC(C)(C)c1cc(C#C[Si](C)(C)C)c(I)c(C#C[Si](C)(C)C)c1. The zero-order valence-electron chi connectivity index (χ0n) is 16.0. The first kappa shape index (κ1) is 20.5. The van der Waals surface area contributed by atoms with Crippen molar-refractivity contribution in [2.24, 2.45) is 0 Å². The number of hydrogen-bond acceptors (Lipinski definition) is 0. The Balaban J connectivity index is 3.57. The van der Waals surface area contributed by atoms with Gasteiger partial charge in [0, 0.05) is 14.7 Å². The van der Waals surface area contributed by atoms with E-state index in [1.54, 1.807) is 0 Å². The molecule has 1 aromatic carbocycles. The second-order valence-corrected chi connectivity index (χ2v) is 19.7. The topological polar surface area (TPSA) is 0 Å². The van der Waals surface area contributed by atoms with Crippen LogP contribution in [0.4, 0.5) is 0 Å². The van der Waals surface area contributed by atoms with Crippen LogP contribution in [0.2, 0.25) is 39.3 Å². The maximum atomic E-state index is 3.50. The van der Waals surface area contributed by atoms with E-state index in [-0.39, 0.29) is 5.41 Å². The molecule has 0 radical (unpaired) electrons. The van der Waals surface area contributed by atoms with Gasteiger partial charge in [-0.2, -0.15) is 0 Å². The molecule has 23 heavy (non-hydrogen) atoms. The van der Waals surface area contributed by atoms with Crippen LogP contribution in [0.3, 0.4) is 0 Å². The Morgan fingerprint density at radius 2 is 1.13 bits per heavy atom. The Morgan fingerprint density at radius 3 is 1.39 bits per heavy atom. The van der Waals surface area contributed by atoms with E-state index in [0.29, 0.717) is 0 Å². The summed E-state index contributed by atoms with van der Waals surface area (Å²) >= 11 is 2.41. The molecule has 0 fully saturated rings. The quantitative estimate of drug-likeness (QED) is 0.256. The van der Waals surface area contributed by atoms with Gasteiger partial charge in [0.05, 0.1) is 0 Å². The molecule has 1 aromatic rings. The molecule has 0 spiro atoms. The van der Waals surface area contributed by atoms with E-state index in [0.717, 1.165) is 11.1 Å². The van der Waals surface area contributed by atoms with E-state index in [1.165, 1.54) is 9.13 Å². The average Bonchev–Trinajstić information content (AvgIpc) is 2.32. The van der Waals surface area contributed by atoms with E-state index >= 15 is 0 Å². The maximum Gasteiger partial charge on any atom is 0.129 e. The van der Waals surface area contributed by atoms with Gasteiger partial charge < -0.3 is 0 Å². The van der Waals surface area contributed by atoms with Crippen LogP contribution in [0.5, 0.6) is 0 Å². The zero-order valence-corrected chi connectivity index (χ0v) is 20.2. The molecule has 0 N–H and O–H groups in total. The molecule has 0 saturated carbocycles. The van der Waals surface area contributed by atoms with Crippen molar-refractivity contribution < 1.29 is 0 Å². The summed E-state index contributed by atoms with van der Waals surface area (Å²) in [5, 5.41) is 0. The van der Waals surface area contributed by atoms with Crippen molar-refractivity contribution in [3.63, 3.8) is 0 Å². The fourth-order valence-electron chi connectivity index (χ4n) is 1.75. The summed E-state index contributed by atoms with van der Waals surface area (Å²) in [6.07, 6.45) is 0. The third-order valence-corrected chi connectivity index (χ3v) is 6.00. The molecule has 1 rings (SSSR count). The highest BCUT2D eigenvalue weighted by molar-refractivity contribution is 14.1. The molecule has 0 nitrogen and oxygen atoms in total. The highest BCUT2D eigenvalue weighted by Crippen LogP contribution is 2.28. The largest absolute Gasteiger partial charge is 0.129 e. The van der Waals surface area contributed by atoms with Gasteiger partial charge >= 0.3 is 0 Å². The summed E-state index contributed by atoms with van der Waals surface area (Å²) in [7, 11) is -2.77. The smallest absolute Gasteiger partial charge is 0.127 e. The van der Waals surface area contributed by atoms with Gasteiger partial charge in [0.2, 0.25) is 0 Å². The first-order valence-corrected chi connectivity index (χ1v) is 16.2. The molecule has 0 aromatic heterocycles. The predicted octanol–water partition coefficient (Wildman–Crippen LogP) is 6.05. The summed E-state index contributed by atoms with van der Waals surface area (Å²) in [4.78, 5) is 0. The highest BCUT2D eigenvalue weighted by Gasteiger charge is 2.18. The fourth-order valence-corrected chi connectivity index (χ4v) is 3.35. The van der Waals surface area contributed by atoms with Gasteiger partial charge in [-0.05, 0) is 45.7 Å². The van der Waals surface area contributed by atoms with Gasteiger partial charge in [0.15, 0.2) is 0 Å². The van der Waals surface area contributed by atoms with Crippen LogP contribution in [-0.4, -0.2) is 16.1 Å². The summed E-state index contributed by atoms with van der Waals surface area (Å²) in [5.41, 5.74) is 10.7. The molecule has 0 atom stereocenters. The van der Waals surface area contributed by atoms with Gasteiger partial charge in [0.25, 0.3) is 0 Å². The molecule has 124 valence electrons. The molecule has 0 aliphatic heterocycles. The van der Waals surface area contributed by atoms with Gasteiger partial charge in [-0.25, -0.2) is 0 Å². The van der Waals surface area contributed by atoms with Crippen molar-refractivity contribution in [1.29, 1.82) is 0 Å². The van der Waals surface area contributed by atoms with E-state index in [4.69, 9.17) is 0 Å². The third-order valence-electron chi connectivity index (χ3n) is 3.08. The molecule has 0 amide bonds. The van der Waals surface area contributed by atoms with Crippen molar-refractivity contribution in [2.45, 2.75) is 65.5 Å². The van der Waals surface area contributed by atoms with Crippen molar-refractivity contribution in [1.82, 2.24) is 0 Å². The molecular formula is C20H29ISi2. The molecule has 0 heterocycles. The highest BCUT2D eigenvalue weighted by atomic mass is 127. The number of rotatable bonds is 0. The van der Waals surface area contributed by atoms with Crippen LogP contribution in [0.25, 0.3) is 0 Å². The summed E-state index contributed by atoms with van der Waals surface area (Å²) < 4.78 is 1.20. The molecule has 0 aliphatic rings. The summed E-state index contributed by atoms with van der Waals surface area (Å²) in [6, 6.07) is 4.52. The van der Waals surface area contributed by atoms with E-state index < -0.39 is 16.1 Å².